The van der Waals surface area contributed by atoms with Crippen molar-refractivity contribution in [2.45, 2.75) is 43.7 Å². The number of rotatable bonds is 5. The van der Waals surface area contributed by atoms with Gasteiger partial charge in [0.15, 0.2) is 0 Å². The maximum Gasteiger partial charge on any atom is 0.283 e. The monoisotopic (exact) mass is 436 g/mol. The van der Waals surface area contributed by atoms with Crippen LogP contribution in [0.2, 0.25) is 5.02 Å². The van der Waals surface area contributed by atoms with Gasteiger partial charge in [0.2, 0.25) is 15.9 Å². The molecular weight excluding hydrogens is 417 g/mol. The molecule has 1 aromatic rings. The summed E-state index contributed by atoms with van der Waals surface area (Å²) in [5.41, 5.74) is -0.544. The van der Waals surface area contributed by atoms with Gasteiger partial charge in [-0.3, -0.25) is 4.79 Å². The lowest BCUT2D eigenvalue weighted by Gasteiger charge is -2.61. The molecule has 28 heavy (non-hydrogen) atoms. The molecule has 2 bridgehead atoms. The van der Waals surface area contributed by atoms with Crippen LogP contribution in [0.4, 0.5) is 13.2 Å². The molecule has 3 saturated carbocycles. The lowest BCUT2D eigenvalue weighted by atomic mass is 9.44. The van der Waals surface area contributed by atoms with Gasteiger partial charge in [0.05, 0.1) is 29.3 Å². The van der Waals surface area contributed by atoms with Crippen molar-refractivity contribution in [3.05, 3.63) is 34.6 Å². The van der Waals surface area contributed by atoms with E-state index in [1.807, 2.05) is 4.72 Å². The highest BCUT2D eigenvalue weighted by molar-refractivity contribution is 7.88. The van der Waals surface area contributed by atoms with Gasteiger partial charge in [0.1, 0.15) is 11.9 Å². The summed E-state index contributed by atoms with van der Waals surface area (Å²) in [6.07, 6.45) is 2.55. The Morgan fingerprint density at radius 3 is 2.50 bits per heavy atom. The van der Waals surface area contributed by atoms with Crippen molar-refractivity contribution in [1.29, 1.82) is 0 Å². The van der Waals surface area contributed by atoms with Crippen LogP contribution in [0.15, 0.2) is 18.2 Å². The number of hydrogen-bond donors (Lipinski definition) is 1. The first-order chi connectivity index (χ1) is 12.9. The van der Waals surface area contributed by atoms with E-state index in [1.54, 1.807) is 0 Å². The Kier molecular flexibility index (Phi) is 4.52. The van der Waals surface area contributed by atoms with Gasteiger partial charge in [0, 0.05) is 0 Å². The zero-order chi connectivity index (χ0) is 20.5. The minimum atomic E-state index is -3.98. The van der Waals surface area contributed by atoms with Crippen molar-refractivity contribution in [2.24, 2.45) is 11.3 Å². The maximum atomic E-state index is 14.8. The molecule has 1 aliphatic heterocycles. The van der Waals surface area contributed by atoms with Gasteiger partial charge in [0.25, 0.3) is 5.92 Å². The molecular formula is C18H20ClF3N2O3S. The minimum absolute atomic E-state index is 0.0610. The number of amides is 1. The maximum absolute atomic E-state index is 14.8. The first-order valence-electron chi connectivity index (χ1n) is 9.01. The average Bonchev–Trinajstić information content (AvgIpc) is 2.71. The first-order valence-corrected chi connectivity index (χ1v) is 11.3. The fourth-order valence-electron chi connectivity index (χ4n) is 4.73. The van der Waals surface area contributed by atoms with Gasteiger partial charge < -0.3 is 4.90 Å². The Morgan fingerprint density at radius 1 is 1.32 bits per heavy atom. The quantitative estimate of drug-likeness (QED) is 0.771. The molecule has 0 aromatic heterocycles. The molecule has 154 valence electrons. The van der Waals surface area contributed by atoms with E-state index in [-0.39, 0.29) is 22.9 Å². The number of benzene rings is 1. The van der Waals surface area contributed by atoms with E-state index < -0.39 is 45.8 Å². The highest BCUT2D eigenvalue weighted by atomic mass is 35.5. The largest absolute Gasteiger partial charge is 0.331 e. The number of nitrogens with one attached hydrogen (secondary N) is 1. The van der Waals surface area contributed by atoms with Crippen molar-refractivity contribution in [3.63, 3.8) is 0 Å². The second-order valence-electron chi connectivity index (χ2n) is 8.30. The normalized spacial score (nSPS) is 33.3. The second-order valence-corrected chi connectivity index (χ2v) is 10.5. The first kappa shape index (κ1) is 20.0. The van der Waals surface area contributed by atoms with Crippen molar-refractivity contribution in [1.82, 2.24) is 9.62 Å². The van der Waals surface area contributed by atoms with Crippen molar-refractivity contribution in [2.75, 3.05) is 12.8 Å². The molecule has 0 radical (unpaired) electrons. The van der Waals surface area contributed by atoms with Crippen LogP contribution in [-0.2, 0) is 21.2 Å². The minimum Gasteiger partial charge on any atom is -0.331 e. The summed E-state index contributed by atoms with van der Waals surface area (Å²) >= 11 is 5.79. The van der Waals surface area contributed by atoms with Gasteiger partial charge in [-0.05, 0) is 43.2 Å². The van der Waals surface area contributed by atoms with Crippen LogP contribution >= 0.6 is 11.6 Å². The number of sulfonamides is 1. The lowest BCUT2D eigenvalue weighted by Crippen LogP contribution is -2.62. The number of likely N-dealkylation sites (tertiary alicyclic amines) is 1. The molecule has 0 spiro atoms. The number of carbonyl (C=O) groups excluding carboxylic acids is 1. The Hall–Kier alpha value is -1.32. The predicted octanol–water partition coefficient (Wildman–Crippen LogP) is 2.59. The summed E-state index contributed by atoms with van der Waals surface area (Å²) in [5.74, 6) is -4.14. The lowest BCUT2D eigenvalue weighted by molar-refractivity contribution is -0.178. The Labute approximate surface area is 166 Å². The van der Waals surface area contributed by atoms with E-state index in [2.05, 4.69) is 0 Å². The van der Waals surface area contributed by atoms with Crippen LogP contribution in [0.3, 0.4) is 0 Å². The Morgan fingerprint density at radius 2 is 1.96 bits per heavy atom. The highest BCUT2D eigenvalue weighted by Gasteiger charge is 2.66. The van der Waals surface area contributed by atoms with Crippen LogP contribution in [0, 0.1) is 17.2 Å². The SMILES string of the molecule is CS(=O)(=O)N[C@@H]1[C@H](Cc2cccc(Cl)c2F)N(C(=O)C23CC(C2)C3)CC1(F)F. The van der Waals surface area contributed by atoms with E-state index in [1.165, 1.54) is 18.2 Å². The number of nitrogens with zero attached hydrogens (tertiary/aromatic N) is 1. The van der Waals surface area contributed by atoms with Gasteiger partial charge in [-0.15, -0.1) is 0 Å². The third kappa shape index (κ3) is 3.21. The molecule has 1 N–H and O–H groups in total. The molecule has 5 rings (SSSR count). The Balaban J connectivity index is 1.70. The summed E-state index contributed by atoms with van der Waals surface area (Å²) in [5, 5.41) is -0.160. The number of alkyl halides is 2. The van der Waals surface area contributed by atoms with Crippen LogP contribution in [-0.4, -0.2) is 50.0 Å². The molecule has 1 amide bonds. The number of carbonyl (C=O) groups is 1. The van der Waals surface area contributed by atoms with Crippen LogP contribution in [0.25, 0.3) is 0 Å². The molecule has 5 nitrogen and oxygen atoms in total. The summed E-state index contributed by atoms with van der Waals surface area (Å²) in [7, 11) is -3.98. The van der Waals surface area contributed by atoms with Crippen molar-refractivity contribution in [3.8, 4) is 0 Å². The molecule has 10 heteroatoms. The van der Waals surface area contributed by atoms with E-state index in [0.29, 0.717) is 25.2 Å². The highest BCUT2D eigenvalue weighted by Crippen LogP contribution is 2.65. The van der Waals surface area contributed by atoms with Crippen LogP contribution < -0.4 is 4.72 Å². The third-order valence-corrected chi connectivity index (χ3v) is 7.15. The molecule has 2 atom stereocenters. The second kappa shape index (κ2) is 6.34. The summed E-state index contributed by atoms with van der Waals surface area (Å²) < 4.78 is 69.3. The van der Waals surface area contributed by atoms with Crippen LogP contribution in [0.5, 0.6) is 0 Å². The standard InChI is InChI=1S/C18H20ClF3N2O3S/c1-28(26,27)23-15-13(5-11-3-2-4-12(19)14(11)20)24(9-18(15,21)22)16(25)17-6-10(7-17)8-17/h2-4,10,13,15,23H,5-9H2,1H3/t10?,13-,15+,17?/m0/s1. The number of hydrogen-bond acceptors (Lipinski definition) is 3. The van der Waals surface area contributed by atoms with E-state index >= 15 is 0 Å². The van der Waals surface area contributed by atoms with E-state index in [4.69, 9.17) is 11.6 Å². The van der Waals surface area contributed by atoms with Gasteiger partial charge in [-0.25, -0.2) is 26.3 Å². The molecule has 4 fully saturated rings. The third-order valence-electron chi connectivity index (χ3n) is 6.18. The van der Waals surface area contributed by atoms with E-state index in [9.17, 15) is 26.4 Å². The molecule has 1 heterocycles. The fraction of sp³-hybridized carbons (Fsp3) is 0.611. The topological polar surface area (TPSA) is 66.5 Å². The molecule has 1 saturated heterocycles. The summed E-state index contributed by atoms with van der Waals surface area (Å²) in [6, 6.07) is 1.18. The predicted molar refractivity (Wildman–Crippen MR) is 97.1 cm³/mol. The zero-order valence-corrected chi connectivity index (χ0v) is 16.7. The van der Waals surface area contributed by atoms with E-state index in [0.717, 1.165) is 11.2 Å². The molecule has 0 unspecified atom stereocenters. The molecule has 4 aliphatic rings. The van der Waals surface area contributed by atoms with Gasteiger partial charge >= 0.3 is 0 Å². The van der Waals surface area contributed by atoms with Crippen LogP contribution in [0.1, 0.15) is 24.8 Å². The summed E-state index contributed by atoms with van der Waals surface area (Å²) in [6.45, 7) is -0.891. The van der Waals surface area contributed by atoms with Crippen molar-refractivity contribution < 1.29 is 26.4 Å². The van der Waals surface area contributed by atoms with Gasteiger partial charge in [-0.2, -0.15) is 0 Å². The number of halogens is 4. The fourth-order valence-corrected chi connectivity index (χ4v) is 5.71. The van der Waals surface area contributed by atoms with Gasteiger partial charge in [-0.1, -0.05) is 23.7 Å². The smallest absolute Gasteiger partial charge is 0.283 e. The average molecular weight is 437 g/mol. The summed E-state index contributed by atoms with van der Waals surface area (Å²) in [4.78, 5) is 14.1. The zero-order valence-electron chi connectivity index (χ0n) is 15.1. The van der Waals surface area contributed by atoms with Crippen molar-refractivity contribution >= 4 is 27.5 Å². The Bertz CT molecular complexity index is 923. The molecule has 1 aromatic carbocycles. The molecule has 3 aliphatic carbocycles.